The predicted molar refractivity (Wildman–Crippen MR) is 114 cm³/mol. The van der Waals surface area contributed by atoms with Crippen LogP contribution in [0.15, 0.2) is 48.7 Å². The zero-order valence-corrected chi connectivity index (χ0v) is 17.3. The molecule has 3 amide bonds. The molecule has 0 spiro atoms. The van der Waals surface area contributed by atoms with Crippen molar-refractivity contribution in [1.29, 1.82) is 0 Å². The third-order valence-corrected chi connectivity index (χ3v) is 5.25. The lowest BCUT2D eigenvalue weighted by Gasteiger charge is -2.25. The van der Waals surface area contributed by atoms with Gasteiger partial charge in [-0.1, -0.05) is 43.7 Å². The molecule has 1 aromatic carbocycles. The van der Waals surface area contributed by atoms with Crippen LogP contribution in [0.4, 0.5) is 4.79 Å². The Hall–Kier alpha value is -2.89. The highest BCUT2D eigenvalue weighted by Gasteiger charge is 2.29. The maximum atomic E-state index is 12.9. The van der Waals surface area contributed by atoms with Crippen LogP contribution in [0.2, 0.25) is 0 Å². The quantitative estimate of drug-likeness (QED) is 0.780. The molecule has 1 aliphatic heterocycles. The number of unbranched alkanes of at least 4 members (excludes halogenated alkanes) is 1. The summed E-state index contributed by atoms with van der Waals surface area (Å²) in [5.74, 6) is -0.0265. The average Bonchev–Trinajstić information content (AvgIpc) is 3.20. The van der Waals surface area contributed by atoms with Crippen LogP contribution in [0, 0.1) is 6.92 Å². The fourth-order valence-corrected chi connectivity index (χ4v) is 3.51. The van der Waals surface area contributed by atoms with Crippen LogP contribution in [0.25, 0.3) is 0 Å². The number of nitrogens with one attached hydrogen (secondary N) is 1. The Balaban J connectivity index is 1.57. The highest BCUT2D eigenvalue weighted by Crippen LogP contribution is 2.15. The SMILES string of the molecule is CCCCN(Cc1ccccc1)C(=O)NC1CCN(C(=O)c2ccc(C)nc2)C1. The summed E-state index contributed by atoms with van der Waals surface area (Å²) in [7, 11) is 0. The van der Waals surface area contributed by atoms with Gasteiger partial charge < -0.3 is 15.1 Å². The van der Waals surface area contributed by atoms with Gasteiger partial charge in [0, 0.05) is 44.1 Å². The second-order valence-electron chi connectivity index (χ2n) is 7.64. The van der Waals surface area contributed by atoms with Gasteiger partial charge in [0.1, 0.15) is 0 Å². The monoisotopic (exact) mass is 394 g/mol. The number of benzene rings is 1. The standard InChI is InChI=1S/C23H30N4O2/c1-3-4-13-27(16-19-8-6-5-7-9-19)23(29)25-21-12-14-26(17-21)22(28)20-11-10-18(2)24-15-20/h5-11,15,21H,3-4,12-14,16-17H2,1-2H3,(H,25,29). The minimum absolute atomic E-state index is 0.0234. The van der Waals surface area contributed by atoms with E-state index in [-0.39, 0.29) is 18.0 Å². The van der Waals surface area contributed by atoms with Crippen LogP contribution in [-0.4, -0.2) is 52.4 Å². The number of aryl methyl sites for hydroxylation is 1. The van der Waals surface area contributed by atoms with E-state index in [9.17, 15) is 9.59 Å². The fraction of sp³-hybridized carbons (Fsp3) is 0.435. The van der Waals surface area contributed by atoms with Crippen molar-refractivity contribution in [2.24, 2.45) is 0 Å². The highest BCUT2D eigenvalue weighted by molar-refractivity contribution is 5.94. The summed E-state index contributed by atoms with van der Waals surface area (Å²) in [6, 6.07) is 13.6. The second kappa shape index (κ2) is 10.0. The Kier molecular flexibility index (Phi) is 7.22. The zero-order valence-electron chi connectivity index (χ0n) is 17.3. The van der Waals surface area contributed by atoms with Gasteiger partial charge in [-0.15, -0.1) is 0 Å². The van der Waals surface area contributed by atoms with Crippen molar-refractivity contribution < 1.29 is 9.59 Å². The van der Waals surface area contributed by atoms with E-state index in [0.29, 0.717) is 25.2 Å². The molecule has 29 heavy (non-hydrogen) atoms. The average molecular weight is 395 g/mol. The third kappa shape index (κ3) is 5.79. The molecule has 1 N–H and O–H groups in total. The number of rotatable bonds is 7. The van der Waals surface area contributed by atoms with Crippen LogP contribution in [0.5, 0.6) is 0 Å². The van der Waals surface area contributed by atoms with E-state index in [1.54, 1.807) is 11.1 Å². The summed E-state index contributed by atoms with van der Waals surface area (Å²) in [5, 5.41) is 3.13. The first-order valence-corrected chi connectivity index (χ1v) is 10.4. The molecule has 1 atom stereocenters. The van der Waals surface area contributed by atoms with Gasteiger partial charge in [-0.3, -0.25) is 9.78 Å². The number of urea groups is 1. The van der Waals surface area contributed by atoms with E-state index in [2.05, 4.69) is 17.2 Å². The van der Waals surface area contributed by atoms with Crippen LogP contribution >= 0.6 is 0 Å². The summed E-state index contributed by atoms with van der Waals surface area (Å²) in [4.78, 5) is 33.4. The van der Waals surface area contributed by atoms with Crippen molar-refractivity contribution in [3.8, 4) is 0 Å². The maximum Gasteiger partial charge on any atom is 0.317 e. The molecule has 0 bridgehead atoms. The predicted octanol–water partition coefficient (Wildman–Crippen LogP) is 3.62. The number of nitrogens with zero attached hydrogens (tertiary/aromatic N) is 3. The maximum absolute atomic E-state index is 12.9. The first kappa shape index (κ1) is 20.8. The molecule has 0 radical (unpaired) electrons. The van der Waals surface area contributed by atoms with Gasteiger partial charge in [0.15, 0.2) is 0 Å². The molecule has 6 heteroatoms. The molecular weight excluding hydrogens is 364 g/mol. The van der Waals surface area contributed by atoms with Crippen molar-refractivity contribution in [1.82, 2.24) is 20.1 Å². The highest BCUT2D eigenvalue weighted by atomic mass is 16.2. The van der Waals surface area contributed by atoms with E-state index in [0.717, 1.165) is 37.1 Å². The molecule has 0 saturated carbocycles. The summed E-state index contributed by atoms with van der Waals surface area (Å²) in [6.45, 7) is 6.52. The number of carbonyl (C=O) groups is 2. The van der Waals surface area contributed by atoms with Crippen molar-refractivity contribution in [3.63, 3.8) is 0 Å². The number of amides is 3. The van der Waals surface area contributed by atoms with E-state index in [4.69, 9.17) is 0 Å². The van der Waals surface area contributed by atoms with Crippen molar-refractivity contribution >= 4 is 11.9 Å². The number of carbonyl (C=O) groups excluding carboxylic acids is 2. The summed E-state index contributed by atoms with van der Waals surface area (Å²) >= 11 is 0. The van der Waals surface area contributed by atoms with Gasteiger partial charge in [0.25, 0.3) is 5.91 Å². The lowest BCUT2D eigenvalue weighted by atomic mass is 10.2. The first-order chi connectivity index (χ1) is 14.1. The molecule has 1 aromatic heterocycles. The van der Waals surface area contributed by atoms with Gasteiger partial charge in [-0.05, 0) is 37.5 Å². The van der Waals surface area contributed by atoms with E-state index >= 15 is 0 Å². The number of pyridine rings is 1. The number of aromatic nitrogens is 1. The van der Waals surface area contributed by atoms with Crippen LogP contribution in [-0.2, 0) is 6.54 Å². The number of likely N-dealkylation sites (tertiary alicyclic amines) is 1. The topological polar surface area (TPSA) is 65.5 Å². The Labute approximate surface area is 172 Å². The van der Waals surface area contributed by atoms with Gasteiger partial charge in [-0.2, -0.15) is 0 Å². The molecule has 1 fully saturated rings. The smallest absolute Gasteiger partial charge is 0.317 e. The van der Waals surface area contributed by atoms with Crippen LogP contribution in [0.1, 0.15) is 47.8 Å². The summed E-state index contributed by atoms with van der Waals surface area (Å²) < 4.78 is 0. The lowest BCUT2D eigenvalue weighted by Crippen LogP contribution is -2.46. The first-order valence-electron chi connectivity index (χ1n) is 10.4. The molecule has 1 unspecified atom stereocenters. The normalized spacial score (nSPS) is 15.9. The van der Waals surface area contributed by atoms with Crippen molar-refractivity contribution in [3.05, 3.63) is 65.5 Å². The third-order valence-electron chi connectivity index (χ3n) is 5.25. The fourth-order valence-electron chi connectivity index (χ4n) is 3.51. The Morgan fingerprint density at radius 1 is 1.21 bits per heavy atom. The number of hydrogen-bond donors (Lipinski definition) is 1. The minimum atomic E-state index is -0.0568. The molecule has 6 nitrogen and oxygen atoms in total. The molecule has 1 saturated heterocycles. The van der Waals surface area contributed by atoms with E-state index in [1.807, 2.05) is 54.3 Å². The minimum Gasteiger partial charge on any atom is -0.336 e. The molecule has 2 aromatic rings. The Bertz CT molecular complexity index is 807. The lowest BCUT2D eigenvalue weighted by molar-refractivity contribution is 0.0788. The van der Waals surface area contributed by atoms with Crippen molar-refractivity contribution in [2.45, 2.75) is 45.7 Å². The van der Waals surface area contributed by atoms with Gasteiger partial charge >= 0.3 is 6.03 Å². The van der Waals surface area contributed by atoms with Gasteiger partial charge in [0.2, 0.25) is 0 Å². The molecule has 1 aliphatic rings. The van der Waals surface area contributed by atoms with Gasteiger partial charge in [0.05, 0.1) is 5.56 Å². The van der Waals surface area contributed by atoms with Gasteiger partial charge in [-0.25, -0.2) is 4.79 Å². The van der Waals surface area contributed by atoms with Crippen molar-refractivity contribution in [2.75, 3.05) is 19.6 Å². The second-order valence-corrected chi connectivity index (χ2v) is 7.64. The zero-order chi connectivity index (χ0) is 20.6. The molecular formula is C23H30N4O2. The summed E-state index contributed by atoms with van der Waals surface area (Å²) in [6.07, 6.45) is 4.39. The molecule has 2 heterocycles. The molecule has 0 aliphatic carbocycles. The Morgan fingerprint density at radius 2 is 2.00 bits per heavy atom. The largest absolute Gasteiger partial charge is 0.336 e. The van der Waals surface area contributed by atoms with E-state index in [1.165, 1.54) is 0 Å². The van der Waals surface area contributed by atoms with Crippen LogP contribution in [0.3, 0.4) is 0 Å². The molecule has 3 rings (SSSR count). The van der Waals surface area contributed by atoms with E-state index < -0.39 is 0 Å². The molecule has 154 valence electrons. The van der Waals surface area contributed by atoms with Crippen LogP contribution < -0.4 is 5.32 Å². The number of hydrogen-bond acceptors (Lipinski definition) is 3. The Morgan fingerprint density at radius 3 is 2.69 bits per heavy atom. The summed E-state index contributed by atoms with van der Waals surface area (Å²) in [5.41, 5.74) is 2.60.